The second-order valence-corrected chi connectivity index (χ2v) is 5.84. The molecule has 5 nitrogen and oxygen atoms in total. The monoisotopic (exact) mass is 309 g/mol. The SMILES string of the molecule is CNn1ccc2c(-n3cc(-c4ccsc4)c(C)n3)ccnc21. The first-order chi connectivity index (χ1) is 10.8. The highest BCUT2D eigenvalue weighted by Crippen LogP contribution is 2.28. The normalized spacial score (nSPS) is 11.2. The van der Waals surface area contributed by atoms with Crippen LogP contribution in [0.1, 0.15) is 5.69 Å². The van der Waals surface area contributed by atoms with Crippen LogP contribution in [-0.4, -0.2) is 26.5 Å². The minimum absolute atomic E-state index is 0.894. The van der Waals surface area contributed by atoms with E-state index in [-0.39, 0.29) is 0 Å². The number of nitrogens with zero attached hydrogens (tertiary/aromatic N) is 4. The quantitative estimate of drug-likeness (QED) is 0.631. The Morgan fingerprint density at radius 3 is 2.91 bits per heavy atom. The van der Waals surface area contributed by atoms with E-state index in [0.29, 0.717) is 0 Å². The number of nitrogens with one attached hydrogen (secondary N) is 1. The Balaban J connectivity index is 1.89. The molecule has 0 saturated carbocycles. The number of aryl methyl sites for hydroxylation is 1. The Morgan fingerprint density at radius 1 is 1.23 bits per heavy atom. The fourth-order valence-corrected chi connectivity index (χ4v) is 3.34. The van der Waals surface area contributed by atoms with Gasteiger partial charge < -0.3 is 5.43 Å². The van der Waals surface area contributed by atoms with Gasteiger partial charge in [0.2, 0.25) is 0 Å². The van der Waals surface area contributed by atoms with Crippen molar-refractivity contribution < 1.29 is 0 Å². The number of thiophene rings is 1. The van der Waals surface area contributed by atoms with Crippen LogP contribution in [0.2, 0.25) is 0 Å². The summed E-state index contributed by atoms with van der Waals surface area (Å²) in [5, 5.41) is 9.99. The summed E-state index contributed by atoms with van der Waals surface area (Å²) in [5.41, 5.74) is 8.42. The van der Waals surface area contributed by atoms with Crippen LogP contribution in [0.5, 0.6) is 0 Å². The van der Waals surface area contributed by atoms with Crippen molar-refractivity contribution in [3.05, 3.63) is 53.2 Å². The maximum Gasteiger partial charge on any atom is 0.160 e. The van der Waals surface area contributed by atoms with Crippen LogP contribution >= 0.6 is 11.3 Å². The van der Waals surface area contributed by atoms with Crippen LogP contribution in [0, 0.1) is 6.92 Å². The lowest BCUT2D eigenvalue weighted by atomic mass is 10.1. The van der Waals surface area contributed by atoms with E-state index in [4.69, 9.17) is 0 Å². The molecule has 0 aliphatic rings. The van der Waals surface area contributed by atoms with Gasteiger partial charge in [0.05, 0.1) is 11.4 Å². The molecule has 0 saturated heterocycles. The second kappa shape index (κ2) is 4.99. The van der Waals surface area contributed by atoms with Crippen LogP contribution in [0.25, 0.3) is 27.8 Å². The molecule has 4 rings (SSSR count). The van der Waals surface area contributed by atoms with E-state index in [1.807, 2.05) is 41.8 Å². The molecular weight excluding hydrogens is 294 g/mol. The summed E-state index contributed by atoms with van der Waals surface area (Å²) in [5.74, 6) is 0. The third-order valence-corrected chi connectivity index (χ3v) is 4.47. The molecule has 22 heavy (non-hydrogen) atoms. The summed E-state index contributed by atoms with van der Waals surface area (Å²) < 4.78 is 3.83. The number of aromatic nitrogens is 4. The van der Waals surface area contributed by atoms with Crippen molar-refractivity contribution in [2.45, 2.75) is 6.92 Å². The summed E-state index contributed by atoms with van der Waals surface area (Å²) >= 11 is 1.70. The topological polar surface area (TPSA) is 47.7 Å². The van der Waals surface area contributed by atoms with Gasteiger partial charge in [-0.25, -0.2) is 14.3 Å². The van der Waals surface area contributed by atoms with Crippen molar-refractivity contribution in [1.82, 2.24) is 19.4 Å². The Labute approximate surface area is 131 Å². The highest BCUT2D eigenvalue weighted by Gasteiger charge is 2.12. The number of hydrogen-bond donors (Lipinski definition) is 1. The number of hydrogen-bond acceptors (Lipinski definition) is 4. The summed E-state index contributed by atoms with van der Waals surface area (Å²) in [6.07, 6.45) is 5.87. The van der Waals surface area contributed by atoms with E-state index in [1.165, 1.54) is 11.1 Å². The second-order valence-electron chi connectivity index (χ2n) is 5.06. The molecule has 0 fully saturated rings. The van der Waals surface area contributed by atoms with Gasteiger partial charge in [-0.1, -0.05) is 0 Å². The van der Waals surface area contributed by atoms with Gasteiger partial charge in [0, 0.05) is 36.6 Å². The largest absolute Gasteiger partial charge is 0.328 e. The fraction of sp³-hybridized carbons (Fsp3) is 0.125. The number of pyridine rings is 1. The molecular formula is C16H15N5S. The van der Waals surface area contributed by atoms with Gasteiger partial charge in [0.1, 0.15) is 0 Å². The predicted octanol–water partition coefficient (Wildman–Crippen LogP) is 3.43. The molecule has 0 aromatic carbocycles. The minimum atomic E-state index is 0.894. The Bertz CT molecular complexity index is 933. The predicted molar refractivity (Wildman–Crippen MR) is 90.2 cm³/mol. The molecule has 4 aromatic heterocycles. The lowest BCUT2D eigenvalue weighted by Crippen LogP contribution is -2.07. The third kappa shape index (κ3) is 1.92. The first-order valence-corrected chi connectivity index (χ1v) is 7.95. The lowest BCUT2D eigenvalue weighted by Gasteiger charge is -2.05. The number of rotatable bonds is 3. The zero-order valence-electron chi connectivity index (χ0n) is 12.3. The average Bonchev–Trinajstić information content (AvgIpc) is 3.25. The molecule has 1 N–H and O–H groups in total. The van der Waals surface area contributed by atoms with Crippen molar-refractivity contribution in [2.24, 2.45) is 0 Å². The van der Waals surface area contributed by atoms with Crippen molar-refractivity contribution >= 4 is 22.4 Å². The number of fused-ring (bicyclic) bond motifs is 1. The highest BCUT2D eigenvalue weighted by atomic mass is 32.1. The molecule has 0 amide bonds. The van der Waals surface area contributed by atoms with E-state index in [9.17, 15) is 0 Å². The van der Waals surface area contributed by atoms with Gasteiger partial charge in [-0.15, -0.1) is 0 Å². The standard InChI is InChI=1S/C16H15N5S/c1-11-14(12-5-8-22-10-12)9-21(19-11)15-3-6-18-16-13(15)4-7-20(16)17-2/h3-10,17H,1-2H3. The smallest absolute Gasteiger partial charge is 0.160 e. The minimum Gasteiger partial charge on any atom is -0.328 e. The van der Waals surface area contributed by atoms with Gasteiger partial charge in [-0.2, -0.15) is 16.4 Å². The van der Waals surface area contributed by atoms with Crippen LogP contribution in [-0.2, 0) is 0 Å². The zero-order chi connectivity index (χ0) is 15.1. The first kappa shape index (κ1) is 13.1. The van der Waals surface area contributed by atoms with Crippen LogP contribution < -0.4 is 5.43 Å². The summed E-state index contributed by atoms with van der Waals surface area (Å²) in [4.78, 5) is 4.44. The fourth-order valence-electron chi connectivity index (χ4n) is 2.69. The zero-order valence-corrected chi connectivity index (χ0v) is 13.1. The summed E-state index contributed by atoms with van der Waals surface area (Å²) in [7, 11) is 1.88. The highest BCUT2D eigenvalue weighted by molar-refractivity contribution is 7.08. The third-order valence-electron chi connectivity index (χ3n) is 3.78. The molecule has 0 aliphatic heterocycles. The molecule has 0 spiro atoms. The van der Waals surface area contributed by atoms with Gasteiger partial charge in [0.15, 0.2) is 5.65 Å². The maximum atomic E-state index is 4.69. The molecule has 6 heteroatoms. The van der Waals surface area contributed by atoms with Crippen LogP contribution in [0.4, 0.5) is 0 Å². The lowest BCUT2D eigenvalue weighted by molar-refractivity contribution is 0.866. The van der Waals surface area contributed by atoms with Crippen molar-refractivity contribution in [3.63, 3.8) is 0 Å². The summed E-state index contributed by atoms with van der Waals surface area (Å²) in [6, 6.07) is 6.17. The van der Waals surface area contributed by atoms with Crippen LogP contribution in [0.15, 0.2) is 47.5 Å². The van der Waals surface area contributed by atoms with Crippen molar-refractivity contribution in [3.8, 4) is 16.8 Å². The molecule has 4 heterocycles. The van der Waals surface area contributed by atoms with Crippen molar-refractivity contribution in [1.29, 1.82) is 0 Å². The molecule has 4 aromatic rings. The van der Waals surface area contributed by atoms with E-state index in [2.05, 4.69) is 44.6 Å². The van der Waals surface area contributed by atoms with E-state index < -0.39 is 0 Å². The van der Waals surface area contributed by atoms with Gasteiger partial charge >= 0.3 is 0 Å². The van der Waals surface area contributed by atoms with Gasteiger partial charge in [-0.05, 0) is 41.4 Å². The molecule has 0 atom stereocenters. The van der Waals surface area contributed by atoms with E-state index >= 15 is 0 Å². The molecule has 0 aliphatic carbocycles. The first-order valence-electron chi connectivity index (χ1n) is 7.01. The Morgan fingerprint density at radius 2 is 2.14 bits per heavy atom. The molecule has 0 unspecified atom stereocenters. The van der Waals surface area contributed by atoms with Crippen molar-refractivity contribution in [2.75, 3.05) is 12.5 Å². The Kier molecular flexibility index (Phi) is 2.97. The van der Waals surface area contributed by atoms with E-state index in [1.54, 1.807) is 11.3 Å². The van der Waals surface area contributed by atoms with Gasteiger partial charge in [-0.3, -0.25) is 0 Å². The van der Waals surface area contributed by atoms with Crippen LogP contribution in [0.3, 0.4) is 0 Å². The molecule has 110 valence electrons. The maximum absolute atomic E-state index is 4.69. The average molecular weight is 309 g/mol. The molecule has 0 radical (unpaired) electrons. The Hall–Kier alpha value is -2.60. The molecule has 0 bridgehead atoms. The summed E-state index contributed by atoms with van der Waals surface area (Å²) in [6.45, 7) is 2.04. The van der Waals surface area contributed by atoms with E-state index in [0.717, 1.165) is 22.4 Å². The van der Waals surface area contributed by atoms with Gasteiger partial charge in [0.25, 0.3) is 0 Å².